The van der Waals surface area contributed by atoms with Gasteiger partial charge in [0.1, 0.15) is 5.10 Å². The number of amides is 1. The molecular weight excluding hydrogens is 406 g/mol. The van der Waals surface area contributed by atoms with Gasteiger partial charge in [-0.25, -0.2) is 15.1 Å². The summed E-state index contributed by atoms with van der Waals surface area (Å²) in [6.45, 7) is 2.68. The van der Waals surface area contributed by atoms with Crippen molar-refractivity contribution in [3.63, 3.8) is 0 Å². The molecule has 1 saturated heterocycles. The van der Waals surface area contributed by atoms with Crippen molar-refractivity contribution in [1.29, 1.82) is 0 Å². The average molecular weight is 424 g/mol. The normalized spacial score (nSPS) is 16.5. The maximum atomic E-state index is 12.5. The van der Waals surface area contributed by atoms with E-state index in [9.17, 15) is 14.9 Å². The molecule has 0 spiro atoms. The summed E-state index contributed by atoms with van der Waals surface area (Å²) >= 11 is 7.16. The molecule has 10 nitrogen and oxygen atoms in total. The zero-order valence-corrected chi connectivity index (χ0v) is 16.8. The van der Waals surface area contributed by atoms with Crippen molar-refractivity contribution in [3.8, 4) is 0 Å². The fraction of sp³-hybridized carbons (Fsp3) is 0.312. The van der Waals surface area contributed by atoms with Crippen LogP contribution in [0.15, 0.2) is 35.6 Å². The highest BCUT2D eigenvalue weighted by Crippen LogP contribution is 2.21. The second-order valence-corrected chi connectivity index (χ2v) is 7.94. The average Bonchev–Trinajstić information content (AvgIpc) is 3.02. The molecule has 2 aromatic rings. The number of halogens is 1. The first-order valence-corrected chi connectivity index (χ1v) is 9.43. The summed E-state index contributed by atoms with van der Waals surface area (Å²) in [7, 11) is 1.67. The zero-order chi connectivity index (χ0) is 20.3. The van der Waals surface area contributed by atoms with Gasteiger partial charge in [0.25, 0.3) is 11.9 Å². The predicted molar refractivity (Wildman–Crippen MR) is 105 cm³/mol. The van der Waals surface area contributed by atoms with Crippen LogP contribution in [-0.2, 0) is 6.54 Å². The van der Waals surface area contributed by atoms with Gasteiger partial charge in [0, 0.05) is 23.7 Å². The largest absolute Gasteiger partial charge is 0.326 e. The number of nitrogens with one attached hydrogen (secondary N) is 1. The fourth-order valence-electron chi connectivity index (χ4n) is 2.82. The number of aromatic nitrogens is 1. The number of rotatable bonds is 5. The molecule has 1 aliphatic rings. The SMILES string of the molecule is Cc1cccc(C(=O)NN2CN(C)/C(=N\[N+](=O)[O-])N(Cc3cnc(Cl)s3)C2)c1. The Labute approximate surface area is 170 Å². The Morgan fingerprint density at radius 3 is 2.89 bits per heavy atom. The van der Waals surface area contributed by atoms with Crippen molar-refractivity contribution in [1.82, 2.24) is 25.2 Å². The topological polar surface area (TPSA) is 107 Å². The number of guanidine groups is 1. The predicted octanol–water partition coefficient (Wildman–Crippen LogP) is 1.96. The van der Waals surface area contributed by atoms with E-state index in [1.54, 1.807) is 40.2 Å². The van der Waals surface area contributed by atoms with Crippen LogP contribution in [0.4, 0.5) is 0 Å². The lowest BCUT2D eigenvalue weighted by Crippen LogP contribution is -2.61. The van der Waals surface area contributed by atoms with Gasteiger partial charge in [0.2, 0.25) is 0 Å². The van der Waals surface area contributed by atoms with Crippen LogP contribution in [0, 0.1) is 17.0 Å². The number of thiazole rings is 1. The van der Waals surface area contributed by atoms with Crippen molar-refractivity contribution in [2.75, 3.05) is 20.4 Å². The lowest BCUT2D eigenvalue weighted by Gasteiger charge is -2.41. The van der Waals surface area contributed by atoms with Crippen LogP contribution in [0.2, 0.25) is 4.47 Å². The quantitative estimate of drug-likeness (QED) is 0.578. The smallest absolute Gasteiger partial charge is 0.276 e. The van der Waals surface area contributed by atoms with Crippen LogP contribution >= 0.6 is 22.9 Å². The Morgan fingerprint density at radius 2 is 2.25 bits per heavy atom. The third-order valence-electron chi connectivity index (χ3n) is 3.93. The van der Waals surface area contributed by atoms with Gasteiger partial charge in [-0.2, -0.15) is 5.01 Å². The van der Waals surface area contributed by atoms with Crippen LogP contribution < -0.4 is 5.43 Å². The number of hydrogen-bond acceptors (Lipinski definition) is 6. The minimum Gasteiger partial charge on any atom is -0.326 e. The summed E-state index contributed by atoms with van der Waals surface area (Å²) in [6.07, 6.45) is 1.61. The van der Waals surface area contributed by atoms with E-state index in [1.807, 2.05) is 19.1 Å². The van der Waals surface area contributed by atoms with Crippen LogP contribution in [0.1, 0.15) is 20.8 Å². The maximum Gasteiger partial charge on any atom is 0.276 e. The van der Waals surface area contributed by atoms with Crippen LogP contribution in [0.5, 0.6) is 0 Å². The van der Waals surface area contributed by atoms with Crippen molar-refractivity contribution < 1.29 is 9.83 Å². The lowest BCUT2D eigenvalue weighted by atomic mass is 10.1. The van der Waals surface area contributed by atoms with E-state index in [0.717, 1.165) is 10.4 Å². The molecule has 0 bridgehead atoms. The number of hydrogen-bond donors (Lipinski definition) is 1. The van der Waals surface area contributed by atoms with E-state index in [0.29, 0.717) is 16.6 Å². The Balaban J connectivity index is 1.77. The highest BCUT2D eigenvalue weighted by atomic mass is 35.5. The van der Waals surface area contributed by atoms with Gasteiger partial charge in [-0.05, 0) is 19.1 Å². The molecule has 3 rings (SSSR count). The number of aryl methyl sites for hydroxylation is 1. The molecule has 0 saturated carbocycles. The van der Waals surface area contributed by atoms with Gasteiger partial charge in [-0.1, -0.05) is 29.3 Å². The number of hydrazone groups is 1. The summed E-state index contributed by atoms with van der Waals surface area (Å²) < 4.78 is 0.387. The first-order chi connectivity index (χ1) is 13.3. The third-order valence-corrected chi connectivity index (χ3v) is 5.03. The molecule has 28 heavy (non-hydrogen) atoms. The molecule has 1 N–H and O–H groups in total. The van der Waals surface area contributed by atoms with Crippen molar-refractivity contribution in [2.45, 2.75) is 13.5 Å². The first-order valence-electron chi connectivity index (χ1n) is 8.23. The molecule has 148 valence electrons. The Hall–Kier alpha value is -2.76. The standard InChI is InChI=1S/C16H18ClN7O3S/c1-11-4-3-5-12(6-11)14(25)19-23-9-21(2)16(20-24(26)27)22(10-23)8-13-7-18-15(17)28-13/h3-7H,8-10H2,1-2H3,(H,19,25)/b20-16+. The molecule has 2 heterocycles. The highest BCUT2D eigenvalue weighted by molar-refractivity contribution is 7.15. The molecule has 1 aliphatic heterocycles. The summed E-state index contributed by atoms with van der Waals surface area (Å²) in [6, 6.07) is 7.24. The number of carbonyl (C=O) groups excluding carboxylic acids is 1. The van der Waals surface area contributed by atoms with Gasteiger partial charge in [0.15, 0.2) is 9.50 Å². The van der Waals surface area contributed by atoms with Gasteiger partial charge in [0.05, 0.1) is 19.9 Å². The summed E-state index contributed by atoms with van der Waals surface area (Å²) in [4.78, 5) is 31.6. The molecule has 0 aliphatic carbocycles. The molecule has 1 aromatic carbocycles. The second kappa shape index (κ2) is 8.50. The highest BCUT2D eigenvalue weighted by Gasteiger charge is 2.30. The summed E-state index contributed by atoms with van der Waals surface area (Å²) in [5, 5.41) is 15.4. The molecule has 0 radical (unpaired) electrons. The molecule has 1 fully saturated rings. The molecular formula is C16H18ClN7O3S. The Bertz CT molecular complexity index is 919. The van der Waals surface area contributed by atoms with Gasteiger partial charge in [-0.15, -0.1) is 11.3 Å². The number of hydrazine groups is 1. The van der Waals surface area contributed by atoms with Crippen LogP contribution in [0.3, 0.4) is 0 Å². The minimum absolute atomic E-state index is 0.190. The Kier molecular flexibility index (Phi) is 6.07. The number of nitro groups is 1. The van der Waals surface area contributed by atoms with Gasteiger partial charge < -0.3 is 9.80 Å². The van der Waals surface area contributed by atoms with E-state index in [2.05, 4.69) is 15.5 Å². The zero-order valence-electron chi connectivity index (χ0n) is 15.2. The van der Waals surface area contributed by atoms with Gasteiger partial charge >= 0.3 is 0 Å². The summed E-state index contributed by atoms with van der Waals surface area (Å²) in [5.74, 6) is -0.0665. The second-order valence-electron chi connectivity index (χ2n) is 6.25. The van der Waals surface area contributed by atoms with E-state index >= 15 is 0 Å². The lowest BCUT2D eigenvalue weighted by molar-refractivity contribution is -0.486. The van der Waals surface area contributed by atoms with Crippen molar-refractivity contribution in [2.24, 2.45) is 5.10 Å². The van der Waals surface area contributed by atoms with Crippen molar-refractivity contribution in [3.05, 3.63) is 61.0 Å². The molecule has 0 atom stereocenters. The van der Waals surface area contributed by atoms with E-state index < -0.39 is 5.03 Å². The minimum atomic E-state index is -0.737. The molecule has 1 aromatic heterocycles. The first kappa shape index (κ1) is 20.0. The van der Waals surface area contributed by atoms with E-state index in [-0.39, 0.29) is 25.2 Å². The van der Waals surface area contributed by atoms with Gasteiger partial charge in [-0.3, -0.25) is 10.2 Å². The molecule has 0 unspecified atom stereocenters. The fourth-order valence-corrected chi connectivity index (χ4v) is 3.81. The van der Waals surface area contributed by atoms with Crippen molar-refractivity contribution >= 4 is 34.8 Å². The monoisotopic (exact) mass is 423 g/mol. The number of benzene rings is 1. The third kappa shape index (κ3) is 4.94. The van der Waals surface area contributed by atoms with Crippen LogP contribution in [-0.4, -0.2) is 57.1 Å². The number of carbonyl (C=O) groups is 1. The van der Waals surface area contributed by atoms with E-state index in [1.165, 1.54) is 11.3 Å². The molecule has 1 amide bonds. The number of nitrogens with zero attached hydrogens (tertiary/aromatic N) is 6. The van der Waals surface area contributed by atoms with Crippen LogP contribution in [0.25, 0.3) is 0 Å². The molecule has 12 heteroatoms. The summed E-state index contributed by atoms with van der Waals surface area (Å²) in [5.41, 5.74) is 4.35. The van der Waals surface area contributed by atoms with E-state index in [4.69, 9.17) is 11.6 Å². The Morgan fingerprint density at radius 1 is 1.46 bits per heavy atom. The maximum absolute atomic E-state index is 12.5.